The van der Waals surface area contributed by atoms with Crippen LogP contribution in [-0.4, -0.2) is 38.4 Å². The Bertz CT molecular complexity index is 1000. The molecule has 0 saturated heterocycles. The molecule has 0 saturated carbocycles. The van der Waals surface area contributed by atoms with Gasteiger partial charge in [-0.3, -0.25) is 9.59 Å². The highest BCUT2D eigenvalue weighted by molar-refractivity contribution is 7.89. The molecule has 0 aliphatic carbocycles. The maximum Gasteiger partial charge on any atom is 0.306 e. The van der Waals surface area contributed by atoms with Crippen molar-refractivity contribution in [3.8, 4) is 0 Å². The van der Waals surface area contributed by atoms with Crippen molar-refractivity contribution < 1.29 is 22.7 Å². The highest BCUT2D eigenvalue weighted by Crippen LogP contribution is 2.16. The number of allylic oxidation sites excluding steroid dienone is 1. The number of benzene rings is 1. The second-order valence-corrected chi connectivity index (χ2v) is 8.51. The largest absolute Gasteiger partial charge is 0.457 e. The standard InChI is InChI=1S/C21H26N2O5S/c1-5-12-23-15(2)13-19(16(23)3)20(24)14-28-21(25)11-8-17-6-9-18(10-7-17)29(26,27)22-4/h5-7,9-10,13,22H,1,8,11-12,14H2,2-4H3. The summed E-state index contributed by atoms with van der Waals surface area (Å²) in [5.41, 5.74) is 3.11. The van der Waals surface area contributed by atoms with Gasteiger partial charge in [-0.05, 0) is 51.1 Å². The number of carbonyl (C=O) groups excluding carboxylic acids is 2. The molecule has 2 aromatic rings. The summed E-state index contributed by atoms with van der Waals surface area (Å²) in [7, 11) is -2.14. The first-order chi connectivity index (χ1) is 13.7. The predicted octanol–water partition coefficient (Wildman–Crippen LogP) is 2.56. The number of hydrogen-bond donors (Lipinski definition) is 1. The highest BCUT2D eigenvalue weighted by atomic mass is 32.2. The van der Waals surface area contributed by atoms with Crippen LogP contribution in [0.2, 0.25) is 0 Å². The molecule has 0 spiro atoms. The van der Waals surface area contributed by atoms with Crippen LogP contribution >= 0.6 is 0 Å². The number of Topliss-reactive ketones (excluding diaryl/α,β-unsaturated/α-hetero) is 1. The van der Waals surface area contributed by atoms with Crippen LogP contribution in [0.1, 0.15) is 33.7 Å². The number of rotatable bonds is 10. The van der Waals surface area contributed by atoms with E-state index in [1.54, 1.807) is 24.3 Å². The fourth-order valence-corrected chi connectivity index (χ4v) is 3.72. The minimum Gasteiger partial charge on any atom is -0.457 e. The van der Waals surface area contributed by atoms with Gasteiger partial charge in [-0.15, -0.1) is 6.58 Å². The van der Waals surface area contributed by atoms with Crippen molar-refractivity contribution >= 4 is 21.8 Å². The van der Waals surface area contributed by atoms with E-state index < -0.39 is 16.0 Å². The van der Waals surface area contributed by atoms with Crippen LogP contribution in [0.15, 0.2) is 47.9 Å². The molecule has 29 heavy (non-hydrogen) atoms. The number of nitrogens with one attached hydrogen (secondary N) is 1. The van der Waals surface area contributed by atoms with Crippen LogP contribution in [0.25, 0.3) is 0 Å². The number of esters is 1. The molecule has 7 nitrogen and oxygen atoms in total. The summed E-state index contributed by atoms with van der Waals surface area (Å²) in [4.78, 5) is 24.5. The van der Waals surface area contributed by atoms with Crippen molar-refractivity contribution in [2.75, 3.05) is 13.7 Å². The monoisotopic (exact) mass is 418 g/mol. The third kappa shape index (κ3) is 5.65. The number of ether oxygens (including phenoxy) is 1. The third-order valence-electron chi connectivity index (χ3n) is 4.67. The molecule has 1 aromatic carbocycles. The van der Waals surface area contributed by atoms with Crippen LogP contribution in [0, 0.1) is 13.8 Å². The molecule has 1 heterocycles. The maximum absolute atomic E-state index is 12.4. The molecule has 156 valence electrons. The summed E-state index contributed by atoms with van der Waals surface area (Å²) >= 11 is 0. The molecular formula is C21H26N2O5S. The lowest BCUT2D eigenvalue weighted by Gasteiger charge is -2.07. The van der Waals surface area contributed by atoms with Gasteiger partial charge in [0.2, 0.25) is 15.8 Å². The number of hydrogen-bond acceptors (Lipinski definition) is 5. The van der Waals surface area contributed by atoms with E-state index in [-0.39, 0.29) is 23.7 Å². The molecule has 0 aliphatic heterocycles. The molecular weight excluding hydrogens is 392 g/mol. The highest BCUT2D eigenvalue weighted by Gasteiger charge is 2.17. The number of nitrogens with zero attached hydrogens (tertiary/aromatic N) is 1. The van der Waals surface area contributed by atoms with E-state index >= 15 is 0 Å². The van der Waals surface area contributed by atoms with E-state index in [0.29, 0.717) is 18.5 Å². The van der Waals surface area contributed by atoms with Crippen molar-refractivity contribution in [3.63, 3.8) is 0 Å². The van der Waals surface area contributed by atoms with Gasteiger partial charge >= 0.3 is 5.97 Å². The van der Waals surface area contributed by atoms with Crippen molar-refractivity contribution in [1.82, 2.24) is 9.29 Å². The summed E-state index contributed by atoms with van der Waals surface area (Å²) in [6.45, 7) is 7.77. The summed E-state index contributed by atoms with van der Waals surface area (Å²) in [6, 6.07) is 8.05. The Morgan fingerprint density at radius 3 is 2.45 bits per heavy atom. The zero-order chi connectivity index (χ0) is 21.6. The Morgan fingerprint density at radius 2 is 1.86 bits per heavy atom. The third-order valence-corrected chi connectivity index (χ3v) is 6.10. The molecule has 0 bridgehead atoms. The summed E-state index contributed by atoms with van der Waals surface area (Å²) in [6.07, 6.45) is 2.25. The maximum atomic E-state index is 12.4. The first kappa shape index (κ1) is 22.6. The van der Waals surface area contributed by atoms with E-state index in [1.165, 1.54) is 19.2 Å². The van der Waals surface area contributed by atoms with Gasteiger partial charge in [0.1, 0.15) is 0 Å². The molecule has 0 amide bonds. The van der Waals surface area contributed by atoms with Gasteiger partial charge in [0.05, 0.1) is 4.90 Å². The fourth-order valence-electron chi connectivity index (χ4n) is 2.99. The van der Waals surface area contributed by atoms with Crippen molar-refractivity contribution in [3.05, 3.63) is 65.5 Å². The van der Waals surface area contributed by atoms with Crippen LogP contribution in [0.4, 0.5) is 0 Å². The molecule has 0 atom stereocenters. The zero-order valence-corrected chi connectivity index (χ0v) is 17.7. The lowest BCUT2D eigenvalue weighted by atomic mass is 10.1. The van der Waals surface area contributed by atoms with Gasteiger partial charge in [-0.25, -0.2) is 13.1 Å². The lowest BCUT2D eigenvalue weighted by Crippen LogP contribution is -2.18. The van der Waals surface area contributed by atoms with Crippen molar-refractivity contribution in [2.24, 2.45) is 0 Å². The van der Waals surface area contributed by atoms with Gasteiger partial charge in [-0.1, -0.05) is 18.2 Å². The molecule has 1 aromatic heterocycles. The zero-order valence-electron chi connectivity index (χ0n) is 16.9. The van der Waals surface area contributed by atoms with Gasteiger partial charge < -0.3 is 9.30 Å². The Kier molecular flexibility index (Phi) is 7.53. The lowest BCUT2D eigenvalue weighted by molar-refractivity contribution is -0.142. The van der Waals surface area contributed by atoms with Crippen LogP contribution in [0.5, 0.6) is 0 Å². The van der Waals surface area contributed by atoms with Crippen LogP contribution < -0.4 is 4.72 Å². The van der Waals surface area contributed by atoms with Crippen LogP contribution in [-0.2, 0) is 32.5 Å². The van der Waals surface area contributed by atoms with Gasteiger partial charge in [0.15, 0.2) is 6.61 Å². The van der Waals surface area contributed by atoms with E-state index in [9.17, 15) is 18.0 Å². The molecule has 1 N–H and O–H groups in total. The quantitative estimate of drug-likeness (QED) is 0.364. The van der Waals surface area contributed by atoms with Crippen molar-refractivity contribution in [1.29, 1.82) is 0 Å². The number of sulfonamides is 1. The van der Waals surface area contributed by atoms with E-state index in [1.807, 2.05) is 18.4 Å². The van der Waals surface area contributed by atoms with E-state index in [0.717, 1.165) is 17.0 Å². The Hall–Kier alpha value is -2.71. The molecule has 0 fully saturated rings. The average Bonchev–Trinajstić information content (AvgIpc) is 2.99. The molecule has 2 rings (SSSR count). The normalized spacial score (nSPS) is 11.3. The SMILES string of the molecule is C=CCn1c(C)cc(C(=O)COC(=O)CCc2ccc(S(=O)(=O)NC)cc2)c1C. The Morgan fingerprint density at radius 1 is 1.21 bits per heavy atom. The second-order valence-electron chi connectivity index (χ2n) is 6.62. The smallest absolute Gasteiger partial charge is 0.306 e. The van der Waals surface area contributed by atoms with Crippen molar-refractivity contribution in [2.45, 2.75) is 38.1 Å². The van der Waals surface area contributed by atoms with E-state index in [2.05, 4.69) is 11.3 Å². The summed E-state index contributed by atoms with van der Waals surface area (Å²) in [5.74, 6) is -0.728. The predicted molar refractivity (Wildman–Crippen MR) is 110 cm³/mol. The first-order valence-electron chi connectivity index (χ1n) is 9.18. The minimum absolute atomic E-state index is 0.0981. The number of aryl methyl sites for hydroxylation is 2. The Balaban J connectivity index is 1.88. The van der Waals surface area contributed by atoms with Gasteiger partial charge in [-0.2, -0.15) is 0 Å². The molecule has 0 aliphatic rings. The van der Waals surface area contributed by atoms with Gasteiger partial charge in [0, 0.05) is 29.9 Å². The average molecular weight is 419 g/mol. The summed E-state index contributed by atoms with van der Waals surface area (Å²) < 4.78 is 32.7. The number of carbonyl (C=O) groups is 2. The topological polar surface area (TPSA) is 94.5 Å². The van der Waals surface area contributed by atoms with E-state index in [4.69, 9.17) is 4.74 Å². The number of aromatic nitrogens is 1. The first-order valence-corrected chi connectivity index (χ1v) is 10.7. The molecule has 0 radical (unpaired) electrons. The molecule has 8 heteroatoms. The fraction of sp³-hybridized carbons (Fsp3) is 0.333. The summed E-state index contributed by atoms with van der Waals surface area (Å²) in [5, 5.41) is 0. The second kappa shape index (κ2) is 9.67. The Labute approximate surface area is 171 Å². The molecule has 0 unspecified atom stereocenters. The van der Waals surface area contributed by atoms with Crippen LogP contribution in [0.3, 0.4) is 0 Å². The number of ketones is 1. The van der Waals surface area contributed by atoms with Gasteiger partial charge in [0.25, 0.3) is 0 Å². The minimum atomic E-state index is -3.49.